The summed E-state index contributed by atoms with van der Waals surface area (Å²) in [5, 5.41) is 0. The molecule has 156 valence electrons. The molecule has 0 atom stereocenters. The minimum absolute atomic E-state index is 0.0657. The number of benzene rings is 2. The maximum atomic E-state index is 13.6. The lowest BCUT2D eigenvalue weighted by Gasteiger charge is -2.38. The third kappa shape index (κ3) is 3.90. The molecule has 0 spiro atoms. The number of anilines is 2. The van der Waals surface area contributed by atoms with Gasteiger partial charge in [0.25, 0.3) is 5.56 Å². The molecule has 0 fully saturated rings. The van der Waals surface area contributed by atoms with Crippen molar-refractivity contribution >= 4 is 11.6 Å². The van der Waals surface area contributed by atoms with E-state index in [1.807, 2.05) is 29.7 Å². The summed E-state index contributed by atoms with van der Waals surface area (Å²) in [6.07, 6.45) is 1.65. The standard InChI is InChI=1S/C25H30N4O/c1-5-13-27-16-28(22-12-11-18(2)19(3)14-22)25-26-20(4)23(24(30)29(25)17-27)15-21-9-7-6-8-10-21/h6-12,14H,5,13,15-17H2,1-4H3. The molecule has 0 amide bonds. The smallest absolute Gasteiger partial charge is 0.259 e. The van der Waals surface area contributed by atoms with Crippen LogP contribution in [0.5, 0.6) is 0 Å². The minimum Gasteiger partial charge on any atom is -0.298 e. The van der Waals surface area contributed by atoms with Gasteiger partial charge in [-0.2, -0.15) is 0 Å². The maximum absolute atomic E-state index is 13.6. The van der Waals surface area contributed by atoms with Crippen LogP contribution >= 0.6 is 0 Å². The summed E-state index contributed by atoms with van der Waals surface area (Å²) >= 11 is 0. The second-order valence-electron chi connectivity index (χ2n) is 8.25. The van der Waals surface area contributed by atoms with Gasteiger partial charge in [-0.25, -0.2) is 4.98 Å². The van der Waals surface area contributed by atoms with Crippen LogP contribution < -0.4 is 10.5 Å². The Bertz CT molecular complexity index is 1100. The van der Waals surface area contributed by atoms with Gasteiger partial charge in [-0.15, -0.1) is 0 Å². The Labute approximate surface area is 178 Å². The average Bonchev–Trinajstić information content (AvgIpc) is 2.74. The number of rotatable bonds is 5. The van der Waals surface area contributed by atoms with Crippen molar-refractivity contribution < 1.29 is 0 Å². The van der Waals surface area contributed by atoms with Crippen LogP contribution in [-0.4, -0.2) is 27.7 Å². The fourth-order valence-electron chi connectivity index (χ4n) is 4.08. The molecule has 3 aromatic rings. The molecule has 0 saturated carbocycles. The molecule has 0 unspecified atom stereocenters. The SMILES string of the molecule is CCCN1CN(c2ccc(C)c(C)c2)c2nc(C)c(Cc3ccccc3)c(=O)n2C1. The zero-order valence-electron chi connectivity index (χ0n) is 18.4. The van der Waals surface area contributed by atoms with Crippen LogP contribution in [0.25, 0.3) is 0 Å². The number of hydrogen-bond acceptors (Lipinski definition) is 4. The van der Waals surface area contributed by atoms with Gasteiger partial charge >= 0.3 is 0 Å². The zero-order chi connectivity index (χ0) is 21.3. The number of nitrogens with zero attached hydrogens (tertiary/aromatic N) is 4. The molecule has 0 saturated heterocycles. The third-order valence-corrected chi connectivity index (χ3v) is 5.94. The summed E-state index contributed by atoms with van der Waals surface area (Å²) in [5.41, 5.74) is 6.38. The number of aromatic nitrogens is 2. The molecule has 4 rings (SSSR count). The van der Waals surface area contributed by atoms with E-state index in [9.17, 15) is 4.79 Å². The highest BCUT2D eigenvalue weighted by Crippen LogP contribution is 2.29. The molecule has 1 aliphatic heterocycles. The van der Waals surface area contributed by atoms with Crippen molar-refractivity contribution in [3.63, 3.8) is 0 Å². The molecule has 0 N–H and O–H groups in total. The molecule has 2 heterocycles. The van der Waals surface area contributed by atoms with E-state index in [2.05, 4.69) is 60.9 Å². The van der Waals surface area contributed by atoms with Crippen LogP contribution in [0, 0.1) is 20.8 Å². The van der Waals surface area contributed by atoms with Gasteiger partial charge in [0.1, 0.15) is 0 Å². The number of hydrogen-bond donors (Lipinski definition) is 0. The molecular weight excluding hydrogens is 372 g/mol. The lowest BCUT2D eigenvalue weighted by Crippen LogP contribution is -2.48. The summed E-state index contributed by atoms with van der Waals surface area (Å²) in [5.74, 6) is 0.741. The molecule has 0 aliphatic carbocycles. The lowest BCUT2D eigenvalue weighted by molar-refractivity contribution is 0.198. The first-order valence-electron chi connectivity index (χ1n) is 10.7. The Morgan fingerprint density at radius 3 is 2.43 bits per heavy atom. The number of fused-ring (bicyclic) bond motifs is 1. The molecular formula is C25H30N4O. The predicted octanol–water partition coefficient (Wildman–Crippen LogP) is 4.54. The topological polar surface area (TPSA) is 41.4 Å². The van der Waals surface area contributed by atoms with Gasteiger partial charge in [0.05, 0.1) is 19.0 Å². The van der Waals surface area contributed by atoms with Gasteiger partial charge in [0.2, 0.25) is 5.95 Å². The number of aryl methyl sites for hydroxylation is 3. The normalized spacial score (nSPS) is 14.1. The second kappa shape index (κ2) is 8.44. The summed E-state index contributed by atoms with van der Waals surface area (Å²) < 4.78 is 1.85. The Balaban J connectivity index is 1.81. The first-order valence-corrected chi connectivity index (χ1v) is 10.7. The highest BCUT2D eigenvalue weighted by atomic mass is 16.1. The first-order chi connectivity index (χ1) is 14.5. The van der Waals surface area contributed by atoms with Crippen LogP contribution in [-0.2, 0) is 13.1 Å². The van der Waals surface area contributed by atoms with E-state index in [0.717, 1.165) is 48.1 Å². The quantitative estimate of drug-likeness (QED) is 0.628. The van der Waals surface area contributed by atoms with Crippen LogP contribution in [0.4, 0.5) is 11.6 Å². The fourth-order valence-corrected chi connectivity index (χ4v) is 4.08. The van der Waals surface area contributed by atoms with Gasteiger partial charge < -0.3 is 0 Å². The highest BCUT2D eigenvalue weighted by Gasteiger charge is 2.27. The Morgan fingerprint density at radius 1 is 0.967 bits per heavy atom. The van der Waals surface area contributed by atoms with Gasteiger partial charge in [0.15, 0.2) is 0 Å². The van der Waals surface area contributed by atoms with E-state index in [4.69, 9.17) is 4.98 Å². The average molecular weight is 403 g/mol. The van der Waals surface area contributed by atoms with Crippen molar-refractivity contribution in [3.8, 4) is 0 Å². The molecule has 2 aromatic carbocycles. The fraction of sp³-hybridized carbons (Fsp3) is 0.360. The molecule has 5 heteroatoms. The predicted molar refractivity (Wildman–Crippen MR) is 122 cm³/mol. The van der Waals surface area contributed by atoms with Crippen LogP contribution in [0.3, 0.4) is 0 Å². The summed E-state index contributed by atoms with van der Waals surface area (Å²) in [6, 6.07) is 16.6. The Morgan fingerprint density at radius 2 is 1.73 bits per heavy atom. The molecule has 1 aliphatic rings. The largest absolute Gasteiger partial charge is 0.298 e. The monoisotopic (exact) mass is 402 g/mol. The van der Waals surface area contributed by atoms with Crippen LogP contribution in [0.2, 0.25) is 0 Å². The minimum atomic E-state index is 0.0657. The van der Waals surface area contributed by atoms with Crippen molar-refractivity contribution in [2.45, 2.75) is 47.2 Å². The zero-order valence-corrected chi connectivity index (χ0v) is 18.4. The molecule has 1 aromatic heterocycles. The van der Waals surface area contributed by atoms with Crippen molar-refractivity contribution in [1.29, 1.82) is 0 Å². The van der Waals surface area contributed by atoms with E-state index in [1.54, 1.807) is 0 Å². The third-order valence-electron chi connectivity index (χ3n) is 5.94. The van der Waals surface area contributed by atoms with E-state index in [-0.39, 0.29) is 5.56 Å². The van der Waals surface area contributed by atoms with E-state index in [1.165, 1.54) is 11.1 Å². The van der Waals surface area contributed by atoms with Crippen molar-refractivity contribution in [2.75, 3.05) is 18.1 Å². The van der Waals surface area contributed by atoms with Crippen molar-refractivity contribution in [2.24, 2.45) is 0 Å². The van der Waals surface area contributed by atoms with Gasteiger partial charge in [-0.1, -0.05) is 43.3 Å². The van der Waals surface area contributed by atoms with E-state index < -0.39 is 0 Å². The molecule has 5 nitrogen and oxygen atoms in total. The maximum Gasteiger partial charge on any atom is 0.259 e. The van der Waals surface area contributed by atoms with Crippen LogP contribution in [0.15, 0.2) is 53.3 Å². The summed E-state index contributed by atoms with van der Waals surface area (Å²) in [6.45, 7) is 10.6. The van der Waals surface area contributed by atoms with Gasteiger partial charge in [0, 0.05) is 24.2 Å². The van der Waals surface area contributed by atoms with Crippen LogP contribution in [0.1, 0.15) is 41.3 Å². The van der Waals surface area contributed by atoms with E-state index >= 15 is 0 Å². The lowest BCUT2D eigenvalue weighted by atomic mass is 10.0. The molecule has 30 heavy (non-hydrogen) atoms. The second-order valence-corrected chi connectivity index (χ2v) is 8.25. The first kappa shape index (κ1) is 20.4. The molecule has 0 bridgehead atoms. The highest BCUT2D eigenvalue weighted by molar-refractivity contribution is 5.60. The van der Waals surface area contributed by atoms with Gasteiger partial charge in [-0.3, -0.25) is 19.2 Å². The summed E-state index contributed by atoms with van der Waals surface area (Å²) in [4.78, 5) is 23.0. The summed E-state index contributed by atoms with van der Waals surface area (Å²) in [7, 11) is 0. The van der Waals surface area contributed by atoms with Crippen molar-refractivity contribution in [3.05, 3.63) is 86.8 Å². The molecule has 0 radical (unpaired) electrons. The Hall–Kier alpha value is -2.92. The van der Waals surface area contributed by atoms with Gasteiger partial charge in [-0.05, 0) is 56.0 Å². The van der Waals surface area contributed by atoms with Crippen molar-refractivity contribution in [1.82, 2.24) is 14.5 Å². The Kier molecular flexibility index (Phi) is 5.73. The van der Waals surface area contributed by atoms with E-state index in [0.29, 0.717) is 13.1 Å².